The summed E-state index contributed by atoms with van der Waals surface area (Å²) in [6.45, 7) is 5.66. The lowest BCUT2D eigenvalue weighted by molar-refractivity contribution is -0.159. The Morgan fingerprint density at radius 1 is 1.03 bits per heavy atom. The van der Waals surface area contributed by atoms with Crippen LogP contribution in [0, 0.1) is 17.8 Å². The van der Waals surface area contributed by atoms with Gasteiger partial charge in [0.15, 0.2) is 13.2 Å². The van der Waals surface area contributed by atoms with Gasteiger partial charge in [-0.1, -0.05) is 55.3 Å². The molecule has 3 rings (SSSR count). The third-order valence-corrected chi connectivity index (χ3v) is 6.69. The Morgan fingerprint density at radius 3 is 2.46 bits per heavy atom. The molecule has 35 heavy (non-hydrogen) atoms. The lowest BCUT2D eigenvalue weighted by Gasteiger charge is -2.36. The molecule has 0 aliphatic heterocycles. The SMILES string of the molecule is CC(C)[C@@H]1CC[C@@H](C)C[C@H]1OC(=O)COC(=O)c1ccccc1OCC(=O)Nc1ccc(Br)cc1. The number of carbonyl (C=O) groups is 3. The first-order chi connectivity index (χ1) is 16.7. The Balaban J connectivity index is 1.52. The van der Waals surface area contributed by atoms with Gasteiger partial charge >= 0.3 is 11.9 Å². The number of carbonyl (C=O) groups excluding carboxylic acids is 3. The molecule has 1 amide bonds. The number of anilines is 1. The van der Waals surface area contributed by atoms with Crippen LogP contribution in [-0.4, -0.2) is 37.2 Å². The first kappa shape index (κ1) is 26.7. The van der Waals surface area contributed by atoms with Crippen LogP contribution in [-0.2, 0) is 19.1 Å². The predicted molar refractivity (Wildman–Crippen MR) is 136 cm³/mol. The second kappa shape index (κ2) is 12.7. The van der Waals surface area contributed by atoms with Crippen LogP contribution in [0.5, 0.6) is 5.75 Å². The molecule has 2 aromatic carbocycles. The zero-order valence-corrected chi connectivity index (χ0v) is 21.9. The van der Waals surface area contributed by atoms with Crippen LogP contribution in [0.15, 0.2) is 53.0 Å². The molecule has 0 unspecified atom stereocenters. The van der Waals surface area contributed by atoms with Crippen LogP contribution in [0.25, 0.3) is 0 Å². The van der Waals surface area contributed by atoms with E-state index in [4.69, 9.17) is 14.2 Å². The minimum atomic E-state index is -0.719. The molecule has 1 N–H and O–H groups in total. The molecule has 0 bridgehead atoms. The van der Waals surface area contributed by atoms with Crippen molar-refractivity contribution in [1.29, 1.82) is 0 Å². The first-order valence-corrected chi connectivity index (χ1v) is 12.7. The Labute approximate surface area is 214 Å². The molecule has 7 nitrogen and oxygen atoms in total. The molecule has 0 saturated heterocycles. The lowest BCUT2D eigenvalue weighted by atomic mass is 9.75. The van der Waals surface area contributed by atoms with Crippen molar-refractivity contribution in [2.24, 2.45) is 17.8 Å². The number of halogens is 1. The van der Waals surface area contributed by atoms with E-state index in [9.17, 15) is 14.4 Å². The van der Waals surface area contributed by atoms with E-state index in [1.165, 1.54) is 6.07 Å². The van der Waals surface area contributed by atoms with Gasteiger partial charge in [0.2, 0.25) is 0 Å². The van der Waals surface area contributed by atoms with Gasteiger partial charge in [0.1, 0.15) is 17.4 Å². The Bertz CT molecular complexity index is 1020. The lowest BCUT2D eigenvalue weighted by Crippen LogP contribution is -2.36. The normalized spacial score (nSPS) is 19.6. The highest BCUT2D eigenvalue weighted by atomic mass is 79.9. The number of hydrogen-bond donors (Lipinski definition) is 1. The largest absolute Gasteiger partial charge is 0.483 e. The second-order valence-corrected chi connectivity index (χ2v) is 10.2. The summed E-state index contributed by atoms with van der Waals surface area (Å²) < 4.78 is 17.4. The van der Waals surface area contributed by atoms with Gasteiger partial charge in [-0.2, -0.15) is 0 Å². The fourth-order valence-corrected chi connectivity index (χ4v) is 4.55. The first-order valence-electron chi connectivity index (χ1n) is 11.9. The van der Waals surface area contributed by atoms with Crippen molar-refractivity contribution < 1.29 is 28.6 Å². The number of hydrogen-bond acceptors (Lipinski definition) is 6. The van der Waals surface area contributed by atoms with Crippen LogP contribution < -0.4 is 10.1 Å². The average molecular weight is 546 g/mol. The summed E-state index contributed by atoms with van der Waals surface area (Å²) in [5.74, 6) is -0.247. The van der Waals surface area contributed by atoms with Crippen molar-refractivity contribution in [2.45, 2.75) is 46.1 Å². The maximum atomic E-state index is 12.6. The molecule has 1 aliphatic rings. The van der Waals surface area contributed by atoms with Gasteiger partial charge in [0, 0.05) is 10.2 Å². The highest BCUT2D eigenvalue weighted by molar-refractivity contribution is 9.10. The van der Waals surface area contributed by atoms with E-state index >= 15 is 0 Å². The van der Waals surface area contributed by atoms with Crippen LogP contribution >= 0.6 is 15.9 Å². The van der Waals surface area contributed by atoms with Crippen LogP contribution in [0.1, 0.15) is 50.4 Å². The molecule has 3 atom stereocenters. The maximum absolute atomic E-state index is 12.6. The summed E-state index contributed by atoms with van der Waals surface area (Å²) in [5.41, 5.74) is 0.753. The Hall–Kier alpha value is -2.87. The van der Waals surface area contributed by atoms with E-state index in [2.05, 4.69) is 42.0 Å². The van der Waals surface area contributed by atoms with Gasteiger partial charge in [0.25, 0.3) is 5.91 Å². The molecular formula is C27H32BrNO6. The zero-order chi connectivity index (χ0) is 25.4. The van der Waals surface area contributed by atoms with Crippen LogP contribution in [0.2, 0.25) is 0 Å². The molecule has 0 spiro atoms. The molecule has 1 fully saturated rings. The van der Waals surface area contributed by atoms with E-state index in [0.717, 1.165) is 23.7 Å². The monoisotopic (exact) mass is 545 g/mol. The van der Waals surface area contributed by atoms with E-state index in [0.29, 0.717) is 23.4 Å². The third kappa shape index (κ3) is 8.09. The summed E-state index contributed by atoms with van der Waals surface area (Å²) in [4.78, 5) is 37.3. The minimum Gasteiger partial charge on any atom is -0.483 e. The van der Waals surface area contributed by atoms with E-state index in [1.54, 1.807) is 30.3 Å². The number of esters is 2. The van der Waals surface area contributed by atoms with Crippen molar-refractivity contribution in [2.75, 3.05) is 18.5 Å². The second-order valence-electron chi connectivity index (χ2n) is 9.27. The zero-order valence-electron chi connectivity index (χ0n) is 20.3. The Morgan fingerprint density at radius 2 is 1.74 bits per heavy atom. The summed E-state index contributed by atoms with van der Waals surface area (Å²) in [6, 6.07) is 13.6. The van der Waals surface area contributed by atoms with E-state index in [-0.39, 0.29) is 29.9 Å². The van der Waals surface area contributed by atoms with Crippen molar-refractivity contribution in [3.63, 3.8) is 0 Å². The molecule has 8 heteroatoms. The molecule has 1 aliphatic carbocycles. The van der Waals surface area contributed by atoms with Crippen molar-refractivity contribution in [3.05, 3.63) is 58.6 Å². The average Bonchev–Trinajstić information content (AvgIpc) is 2.82. The topological polar surface area (TPSA) is 90.9 Å². The van der Waals surface area contributed by atoms with Crippen molar-refractivity contribution in [3.8, 4) is 5.75 Å². The smallest absolute Gasteiger partial charge is 0.344 e. The number of rotatable bonds is 9. The standard InChI is InChI=1S/C27H32BrNO6/c1-17(2)21-13-8-18(3)14-24(21)35-26(31)16-34-27(32)22-6-4-5-7-23(22)33-15-25(30)29-20-11-9-19(28)10-12-20/h4-7,9-12,17-18,21,24H,8,13-16H2,1-3H3,(H,29,30)/t18-,21+,24-/m1/s1. The maximum Gasteiger partial charge on any atom is 0.344 e. The summed E-state index contributed by atoms with van der Waals surface area (Å²) in [7, 11) is 0. The number of benzene rings is 2. The summed E-state index contributed by atoms with van der Waals surface area (Å²) in [6.07, 6.45) is 2.81. The van der Waals surface area contributed by atoms with Gasteiger partial charge in [-0.15, -0.1) is 0 Å². The molecule has 2 aromatic rings. The van der Waals surface area contributed by atoms with Crippen LogP contribution in [0.4, 0.5) is 5.69 Å². The summed E-state index contributed by atoms with van der Waals surface area (Å²) >= 11 is 3.34. The number of ether oxygens (including phenoxy) is 3. The van der Waals surface area contributed by atoms with Crippen molar-refractivity contribution >= 4 is 39.5 Å². The van der Waals surface area contributed by atoms with Gasteiger partial charge in [0.05, 0.1) is 0 Å². The minimum absolute atomic E-state index is 0.128. The predicted octanol–water partition coefficient (Wildman–Crippen LogP) is 5.63. The molecular weight excluding hydrogens is 514 g/mol. The number of amides is 1. The van der Waals surface area contributed by atoms with Gasteiger partial charge in [-0.3, -0.25) is 4.79 Å². The van der Waals surface area contributed by atoms with E-state index < -0.39 is 18.5 Å². The highest BCUT2D eigenvalue weighted by Crippen LogP contribution is 2.35. The number of para-hydroxylation sites is 1. The molecule has 0 heterocycles. The fourth-order valence-electron chi connectivity index (χ4n) is 4.29. The molecule has 188 valence electrons. The van der Waals surface area contributed by atoms with Crippen molar-refractivity contribution in [1.82, 2.24) is 0 Å². The highest BCUT2D eigenvalue weighted by Gasteiger charge is 2.33. The third-order valence-electron chi connectivity index (χ3n) is 6.16. The van der Waals surface area contributed by atoms with Gasteiger partial charge in [-0.25, -0.2) is 9.59 Å². The fraction of sp³-hybridized carbons (Fsp3) is 0.444. The summed E-state index contributed by atoms with van der Waals surface area (Å²) in [5, 5.41) is 2.72. The number of nitrogens with one attached hydrogen (secondary N) is 1. The molecule has 0 radical (unpaired) electrons. The molecule has 0 aromatic heterocycles. The van der Waals surface area contributed by atoms with Gasteiger partial charge in [-0.05, 0) is 67.0 Å². The van der Waals surface area contributed by atoms with Gasteiger partial charge < -0.3 is 19.5 Å². The molecule has 1 saturated carbocycles. The quantitative estimate of drug-likeness (QED) is 0.410. The van der Waals surface area contributed by atoms with E-state index in [1.807, 2.05) is 12.1 Å². The Kier molecular flexibility index (Phi) is 9.72. The van der Waals surface area contributed by atoms with Crippen LogP contribution in [0.3, 0.4) is 0 Å².